The molecular weight excluding hydrogens is 521 g/mol. The van der Waals surface area contributed by atoms with Crippen LogP contribution >= 0.6 is 11.6 Å². The van der Waals surface area contributed by atoms with E-state index in [0.717, 1.165) is 18.4 Å². The largest absolute Gasteiger partial charge is 0.344 e. The van der Waals surface area contributed by atoms with Crippen LogP contribution in [0.3, 0.4) is 0 Å². The minimum absolute atomic E-state index is 0.160. The Morgan fingerprint density at radius 3 is 2.87 bits per heavy atom. The number of anilines is 1. The van der Waals surface area contributed by atoms with Crippen molar-refractivity contribution in [1.82, 2.24) is 30.5 Å². The van der Waals surface area contributed by atoms with Crippen LogP contribution in [0.25, 0.3) is 22.9 Å². The lowest BCUT2D eigenvalue weighted by Crippen LogP contribution is -2.27. The molecule has 0 fully saturated rings. The molecular formula is C28H25ClFN7O2. The molecule has 2 N–H and O–H groups in total. The second-order valence-electron chi connectivity index (χ2n) is 9.16. The highest BCUT2D eigenvalue weighted by Crippen LogP contribution is 2.31. The first kappa shape index (κ1) is 26.2. The third-order valence-electron chi connectivity index (χ3n) is 6.42. The lowest BCUT2D eigenvalue weighted by atomic mass is 9.99. The average molecular weight is 546 g/mol. The van der Waals surface area contributed by atoms with Gasteiger partial charge in [-0.15, -0.1) is 5.10 Å². The third kappa shape index (κ3) is 6.53. The highest BCUT2D eigenvalue weighted by molar-refractivity contribution is 6.30. The second-order valence-corrected chi connectivity index (χ2v) is 9.60. The van der Waals surface area contributed by atoms with Gasteiger partial charge in [0.05, 0.1) is 23.1 Å². The van der Waals surface area contributed by atoms with Crippen molar-refractivity contribution in [2.24, 2.45) is 0 Å². The Kier molecular flexibility index (Phi) is 8.02. The Labute approximate surface area is 229 Å². The maximum Gasteiger partial charge on any atom is 0.244 e. The summed E-state index contributed by atoms with van der Waals surface area (Å²) in [5.74, 6) is -0.904. The number of amides is 2. The summed E-state index contributed by atoms with van der Waals surface area (Å²) in [6, 6.07) is 12.8. The number of nitrogens with one attached hydrogen (secondary N) is 2. The summed E-state index contributed by atoms with van der Waals surface area (Å²) >= 11 is 6.19. The van der Waals surface area contributed by atoms with E-state index < -0.39 is 5.82 Å². The van der Waals surface area contributed by atoms with E-state index in [0.29, 0.717) is 52.5 Å². The minimum atomic E-state index is -0.437. The Morgan fingerprint density at radius 2 is 2.03 bits per heavy atom. The Hall–Kier alpha value is -4.44. The van der Waals surface area contributed by atoms with Crippen molar-refractivity contribution in [1.29, 1.82) is 0 Å². The molecule has 198 valence electrons. The van der Waals surface area contributed by atoms with Crippen LogP contribution in [0.2, 0.25) is 5.02 Å². The maximum atomic E-state index is 14.0. The standard InChI is InChI=1S/C28H25ClFN7O2/c29-20-7-10-26(37-17-32-35-36-37)19(14-20)6-11-28(39)33-23-4-2-1-3-5-27(38)34-24-16-21(30)8-9-22(24)18-12-13-31-25(23)15-18/h6-17,23H,1-5H2,(H,33,39)(H,34,38)/t23-/m0/s1. The average Bonchev–Trinajstić information content (AvgIpc) is 3.46. The van der Waals surface area contributed by atoms with Gasteiger partial charge in [0.15, 0.2) is 0 Å². The van der Waals surface area contributed by atoms with Gasteiger partial charge in [-0.1, -0.05) is 24.4 Å². The number of aromatic nitrogens is 5. The number of hydrogen-bond acceptors (Lipinski definition) is 6. The SMILES string of the molecule is O=C(C=Cc1cc(Cl)ccc1-n1cnnn1)N[C@H]1CCCCCC(=O)Nc2cc(F)ccc2-c2ccnc1c2. The molecule has 3 heterocycles. The van der Waals surface area contributed by atoms with Gasteiger partial charge in [0.1, 0.15) is 12.1 Å². The number of carbonyl (C=O) groups excluding carboxylic acids is 2. The first-order valence-electron chi connectivity index (χ1n) is 12.5. The molecule has 0 saturated carbocycles. The zero-order valence-electron chi connectivity index (χ0n) is 20.8. The number of carbonyl (C=O) groups is 2. The summed E-state index contributed by atoms with van der Waals surface area (Å²) < 4.78 is 15.5. The maximum absolute atomic E-state index is 14.0. The quantitative estimate of drug-likeness (QED) is 0.337. The number of benzene rings is 2. The number of tetrazole rings is 1. The van der Waals surface area contributed by atoms with E-state index in [1.807, 2.05) is 6.07 Å². The first-order valence-corrected chi connectivity index (χ1v) is 12.9. The van der Waals surface area contributed by atoms with Gasteiger partial charge in [0.2, 0.25) is 11.8 Å². The van der Waals surface area contributed by atoms with Crippen LogP contribution in [0, 0.1) is 5.82 Å². The molecule has 0 unspecified atom stereocenters. The predicted molar refractivity (Wildman–Crippen MR) is 145 cm³/mol. The fraction of sp³-hybridized carbons (Fsp3) is 0.214. The van der Waals surface area contributed by atoms with Crippen molar-refractivity contribution in [3.05, 3.63) is 89.2 Å². The van der Waals surface area contributed by atoms with Crippen molar-refractivity contribution in [2.45, 2.75) is 38.1 Å². The normalized spacial score (nSPS) is 15.9. The summed E-state index contributed by atoms with van der Waals surface area (Å²) in [5, 5.41) is 17.7. The molecule has 1 aliphatic heterocycles. The molecule has 39 heavy (non-hydrogen) atoms. The molecule has 1 aliphatic rings. The topological polar surface area (TPSA) is 115 Å². The number of halogens is 2. The van der Waals surface area contributed by atoms with Gasteiger partial charge in [-0.25, -0.2) is 4.39 Å². The molecule has 2 bridgehead atoms. The molecule has 5 rings (SSSR count). The number of nitrogens with zero attached hydrogens (tertiary/aromatic N) is 5. The Bertz CT molecular complexity index is 1520. The molecule has 1 atom stereocenters. The highest BCUT2D eigenvalue weighted by Gasteiger charge is 2.18. The lowest BCUT2D eigenvalue weighted by molar-refractivity contribution is -0.117. The van der Waals surface area contributed by atoms with Crippen LogP contribution < -0.4 is 10.6 Å². The van der Waals surface area contributed by atoms with E-state index in [-0.39, 0.29) is 17.9 Å². The van der Waals surface area contributed by atoms with Gasteiger partial charge in [-0.3, -0.25) is 14.6 Å². The van der Waals surface area contributed by atoms with Gasteiger partial charge in [0, 0.05) is 34.8 Å². The van der Waals surface area contributed by atoms with Crippen molar-refractivity contribution in [2.75, 3.05) is 5.32 Å². The summed E-state index contributed by atoms with van der Waals surface area (Å²) in [5.41, 5.74) is 3.85. The molecule has 0 spiro atoms. The van der Waals surface area contributed by atoms with E-state index in [1.165, 1.54) is 29.2 Å². The summed E-state index contributed by atoms with van der Waals surface area (Å²) in [7, 11) is 0. The van der Waals surface area contributed by atoms with Crippen LogP contribution in [-0.4, -0.2) is 37.0 Å². The zero-order chi connectivity index (χ0) is 27.2. The number of rotatable bonds is 4. The van der Waals surface area contributed by atoms with Gasteiger partial charge >= 0.3 is 0 Å². The molecule has 2 aromatic carbocycles. The van der Waals surface area contributed by atoms with Crippen molar-refractivity contribution < 1.29 is 14.0 Å². The fourth-order valence-corrected chi connectivity index (χ4v) is 4.70. The zero-order valence-corrected chi connectivity index (χ0v) is 21.6. The van der Waals surface area contributed by atoms with E-state index in [2.05, 4.69) is 31.1 Å². The summed E-state index contributed by atoms with van der Waals surface area (Å²) in [6.07, 6.45) is 9.43. The summed E-state index contributed by atoms with van der Waals surface area (Å²) in [4.78, 5) is 30.1. The molecule has 0 aliphatic carbocycles. The molecule has 2 aromatic heterocycles. The van der Waals surface area contributed by atoms with Crippen LogP contribution in [0.4, 0.5) is 10.1 Å². The number of pyridine rings is 1. The highest BCUT2D eigenvalue weighted by atomic mass is 35.5. The van der Waals surface area contributed by atoms with E-state index >= 15 is 0 Å². The van der Waals surface area contributed by atoms with Gasteiger partial charge in [-0.2, -0.15) is 4.68 Å². The van der Waals surface area contributed by atoms with E-state index in [4.69, 9.17) is 11.6 Å². The summed E-state index contributed by atoms with van der Waals surface area (Å²) in [6.45, 7) is 0. The van der Waals surface area contributed by atoms with Gasteiger partial charge in [-0.05, 0) is 83.4 Å². The lowest BCUT2D eigenvalue weighted by Gasteiger charge is -2.18. The van der Waals surface area contributed by atoms with Gasteiger partial charge in [0.25, 0.3) is 0 Å². The molecule has 0 saturated heterocycles. The third-order valence-corrected chi connectivity index (χ3v) is 6.65. The number of fused-ring (bicyclic) bond motifs is 4. The fourth-order valence-electron chi connectivity index (χ4n) is 4.52. The van der Waals surface area contributed by atoms with Crippen molar-refractivity contribution in [3.63, 3.8) is 0 Å². The van der Waals surface area contributed by atoms with E-state index in [1.54, 1.807) is 42.6 Å². The molecule has 9 nitrogen and oxygen atoms in total. The van der Waals surface area contributed by atoms with Crippen LogP contribution in [0.5, 0.6) is 0 Å². The van der Waals surface area contributed by atoms with Crippen molar-refractivity contribution >= 4 is 35.2 Å². The molecule has 4 aromatic rings. The van der Waals surface area contributed by atoms with Crippen LogP contribution in [0.15, 0.2) is 67.1 Å². The second kappa shape index (κ2) is 12.0. The minimum Gasteiger partial charge on any atom is -0.344 e. The van der Waals surface area contributed by atoms with Gasteiger partial charge < -0.3 is 10.6 Å². The molecule has 11 heteroatoms. The van der Waals surface area contributed by atoms with Crippen LogP contribution in [-0.2, 0) is 9.59 Å². The number of hydrogen-bond donors (Lipinski definition) is 2. The smallest absolute Gasteiger partial charge is 0.244 e. The molecule has 2 amide bonds. The predicted octanol–water partition coefficient (Wildman–Crippen LogP) is 5.29. The monoisotopic (exact) mass is 545 g/mol. The van der Waals surface area contributed by atoms with Crippen molar-refractivity contribution in [3.8, 4) is 16.8 Å². The Balaban J connectivity index is 1.42. The Morgan fingerprint density at radius 1 is 1.13 bits per heavy atom. The molecule has 0 radical (unpaired) electrons. The van der Waals surface area contributed by atoms with E-state index in [9.17, 15) is 14.0 Å². The first-order chi connectivity index (χ1) is 19.0. The van der Waals surface area contributed by atoms with Crippen LogP contribution in [0.1, 0.15) is 49.4 Å².